The second kappa shape index (κ2) is 7.46. The maximum Gasteiger partial charge on any atom is 0.0810 e. The van der Waals surface area contributed by atoms with Crippen molar-refractivity contribution in [1.29, 1.82) is 0 Å². The van der Waals surface area contributed by atoms with Crippen molar-refractivity contribution in [3.8, 4) is 0 Å². The molecule has 124 valence electrons. The van der Waals surface area contributed by atoms with Crippen LogP contribution in [0.3, 0.4) is 0 Å². The van der Waals surface area contributed by atoms with E-state index in [0.717, 1.165) is 30.2 Å². The van der Waals surface area contributed by atoms with Gasteiger partial charge in [0.05, 0.1) is 11.7 Å². The molecule has 0 amide bonds. The monoisotopic (exact) mass is 295 g/mol. The van der Waals surface area contributed by atoms with Gasteiger partial charge in [-0.25, -0.2) is 0 Å². The summed E-state index contributed by atoms with van der Waals surface area (Å²) in [6, 6.07) is 0. The Morgan fingerprint density at radius 3 is 2.29 bits per heavy atom. The molecule has 21 heavy (non-hydrogen) atoms. The van der Waals surface area contributed by atoms with E-state index in [-0.39, 0.29) is 5.60 Å². The van der Waals surface area contributed by atoms with E-state index < -0.39 is 0 Å². The lowest BCUT2D eigenvalue weighted by atomic mass is 9.74. The molecule has 0 aromatic carbocycles. The second-order valence-corrected chi connectivity index (χ2v) is 8.38. The van der Waals surface area contributed by atoms with Crippen LogP contribution in [0.2, 0.25) is 0 Å². The Bertz CT molecular complexity index is 307. The zero-order valence-electron chi connectivity index (χ0n) is 15.0. The number of likely N-dealkylation sites (N-methyl/N-ethyl adjacent to an activating group) is 1. The zero-order valence-corrected chi connectivity index (χ0v) is 15.0. The molecular formula is C19H37NO. The summed E-state index contributed by atoms with van der Waals surface area (Å²) in [6.07, 6.45) is 9.63. The number of ether oxygens (including phenoxy) is 1. The van der Waals surface area contributed by atoms with Gasteiger partial charge in [-0.1, -0.05) is 34.1 Å². The summed E-state index contributed by atoms with van der Waals surface area (Å²) >= 11 is 0. The van der Waals surface area contributed by atoms with Crippen LogP contribution in [0.4, 0.5) is 0 Å². The fourth-order valence-corrected chi connectivity index (χ4v) is 4.52. The average Bonchev–Trinajstić information content (AvgIpc) is 2.42. The van der Waals surface area contributed by atoms with E-state index in [4.69, 9.17) is 4.74 Å². The third-order valence-corrected chi connectivity index (χ3v) is 6.05. The van der Waals surface area contributed by atoms with Crippen LogP contribution in [-0.4, -0.2) is 25.3 Å². The van der Waals surface area contributed by atoms with Crippen LogP contribution in [0.1, 0.15) is 72.6 Å². The Kier molecular flexibility index (Phi) is 6.14. The Balaban J connectivity index is 2.06. The normalized spacial score (nSPS) is 41.4. The van der Waals surface area contributed by atoms with Gasteiger partial charge >= 0.3 is 0 Å². The minimum absolute atomic E-state index is 0.107. The molecule has 2 rings (SSSR count). The summed E-state index contributed by atoms with van der Waals surface area (Å²) in [5.41, 5.74) is 0.107. The molecule has 2 aliphatic carbocycles. The SMILES string of the molecule is CNCC1(OC2CC(C)CCC2C(C)C)CCC(C)CC1. The highest BCUT2D eigenvalue weighted by Gasteiger charge is 2.40. The molecule has 2 nitrogen and oxygen atoms in total. The van der Waals surface area contributed by atoms with E-state index in [0.29, 0.717) is 6.10 Å². The number of hydrogen-bond acceptors (Lipinski definition) is 2. The standard InChI is InChI=1S/C19H37NO/c1-14(2)17-7-6-16(4)12-18(17)21-19(13-20-5)10-8-15(3)9-11-19/h14-18,20H,6-13H2,1-5H3. The van der Waals surface area contributed by atoms with E-state index >= 15 is 0 Å². The molecular weight excluding hydrogens is 258 g/mol. The largest absolute Gasteiger partial charge is 0.370 e. The smallest absolute Gasteiger partial charge is 0.0810 e. The van der Waals surface area contributed by atoms with E-state index in [1.807, 2.05) is 0 Å². The van der Waals surface area contributed by atoms with Crippen LogP contribution in [-0.2, 0) is 4.74 Å². The van der Waals surface area contributed by atoms with Crippen molar-refractivity contribution >= 4 is 0 Å². The van der Waals surface area contributed by atoms with Gasteiger partial charge in [0.25, 0.3) is 0 Å². The van der Waals surface area contributed by atoms with E-state index in [1.54, 1.807) is 0 Å². The Morgan fingerprint density at radius 1 is 1.05 bits per heavy atom. The summed E-state index contributed by atoms with van der Waals surface area (Å²) < 4.78 is 6.89. The summed E-state index contributed by atoms with van der Waals surface area (Å²) in [6.45, 7) is 10.6. The van der Waals surface area contributed by atoms with Crippen LogP contribution in [0.25, 0.3) is 0 Å². The molecule has 2 saturated carbocycles. The van der Waals surface area contributed by atoms with Gasteiger partial charge in [0.2, 0.25) is 0 Å². The van der Waals surface area contributed by atoms with E-state index in [2.05, 4.69) is 40.1 Å². The van der Waals surface area contributed by atoms with Crippen LogP contribution < -0.4 is 5.32 Å². The maximum atomic E-state index is 6.89. The Morgan fingerprint density at radius 2 is 1.71 bits per heavy atom. The molecule has 0 bridgehead atoms. The predicted octanol–water partition coefficient (Wildman–Crippen LogP) is 4.63. The van der Waals surface area contributed by atoms with Crippen molar-refractivity contribution in [3.63, 3.8) is 0 Å². The van der Waals surface area contributed by atoms with Gasteiger partial charge in [0, 0.05) is 6.54 Å². The lowest BCUT2D eigenvalue weighted by Gasteiger charge is -2.46. The molecule has 1 N–H and O–H groups in total. The highest BCUT2D eigenvalue weighted by Crippen LogP contribution is 2.41. The average molecular weight is 296 g/mol. The van der Waals surface area contributed by atoms with Crippen molar-refractivity contribution in [3.05, 3.63) is 0 Å². The van der Waals surface area contributed by atoms with Gasteiger partial charge in [-0.05, 0) is 69.2 Å². The molecule has 3 unspecified atom stereocenters. The van der Waals surface area contributed by atoms with Gasteiger partial charge in [0.1, 0.15) is 0 Å². The molecule has 2 aliphatic rings. The van der Waals surface area contributed by atoms with Crippen LogP contribution in [0, 0.1) is 23.7 Å². The molecule has 0 aromatic heterocycles. The third kappa shape index (κ3) is 4.45. The predicted molar refractivity (Wildman–Crippen MR) is 90.5 cm³/mol. The molecule has 0 spiro atoms. The first-order valence-corrected chi connectivity index (χ1v) is 9.28. The highest BCUT2D eigenvalue weighted by molar-refractivity contribution is 4.92. The first-order valence-electron chi connectivity index (χ1n) is 9.28. The highest BCUT2D eigenvalue weighted by atomic mass is 16.5. The zero-order chi connectivity index (χ0) is 15.5. The van der Waals surface area contributed by atoms with Crippen molar-refractivity contribution in [2.45, 2.75) is 84.3 Å². The van der Waals surface area contributed by atoms with Crippen LogP contribution >= 0.6 is 0 Å². The Hall–Kier alpha value is -0.0800. The lowest BCUT2D eigenvalue weighted by Crippen LogP contribution is -2.50. The summed E-state index contributed by atoms with van der Waals surface area (Å²) in [7, 11) is 2.08. The number of nitrogens with one attached hydrogen (secondary N) is 1. The molecule has 2 fully saturated rings. The third-order valence-electron chi connectivity index (χ3n) is 6.05. The first-order chi connectivity index (χ1) is 9.96. The van der Waals surface area contributed by atoms with E-state index in [9.17, 15) is 0 Å². The van der Waals surface area contributed by atoms with Gasteiger partial charge in [-0.3, -0.25) is 0 Å². The van der Waals surface area contributed by atoms with Gasteiger partial charge in [0.15, 0.2) is 0 Å². The number of rotatable bonds is 5. The fraction of sp³-hybridized carbons (Fsp3) is 1.00. The molecule has 3 atom stereocenters. The summed E-state index contributed by atoms with van der Waals surface area (Å²) in [4.78, 5) is 0. The first kappa shape index (κ1) is 17.3. The molecule has 0 saturated heterocycles. The minimum Gasteiger partial charge on any atom is -0.370 e. The summed E-state index contributed by atoms with van der Waals surface area (Å²) in [5.74, 6) is 3.22. The summed E-state index contributed by atoms with van der Waals surface area (Å²) in [5, 5.41) is 3.41. The quantitative estimate of drug-likeness (QED) is 0.798. The second-order valence-electron chi connectivity index (χ2n) is 8.38. The van der Waals surface area contributed by atoms with Crippen molar-refractivity contribution in [2.75, 3.05) is 13.6 Å². The molecule has 0 heterocycles. The van der Waals surface area contributed by atoms with Gasteiger partial charge in [-0.2, -0.15) is 0 Å². The van der Waals surface area contributed by atoms with Gasteiger partial charge < -0.3 is 10.1 Å². The van der Waals surface area contributed by atoms with Gasteiger partial charge in [-0.15, -0.1) is 0 Å². The van der Waals surface area contributed by atoms with E-state index in [1.165, 1.54) is 44.9 Å². The number of hydrogen-bond donors (Lipinski definition) is 1. The Labute approximate surface area is 132 Å². The van der Waals surface area contributed by atoms with Crippen molar-refractivity contribution in [2.24, 2.45) is 23.7 Å². The van der Waals surface area contributed by atoms with Crippen molar-refractivity contribution < 1.29 is 4.74 Å². The van der Waals surface area contributed by atoms with Crippen LogP contribution in [0.15, 0.2) is 0 Å². The molecule has 2 heteroatoms. The molecule has 0 aromatic rings. The topological polar surface area (TPSA) is 21.3 Å². The van der Waals surface area contributed by atoms with Crippen LogP contribution in [0.5, 0.6) is 0 Å². The lowest BCUT2D eigenvalue weighted by molar-refractivity contribution is -0.155. The molecule has 0 aliphatic heterocycles. The molecule has 0 radical (unpaired) electrons. The maximum absolute atomic E-state index is 6.89. The van der Waals surface area contributed by atoms with Crippen molar-refractivity contribution in [1.82, 2.24) is 5.32 Å². The minimum atomic E-state index is 0.107. The fourth-order valence-electron chi connectivity index (χ4n) is 4.52.